The molecule has 2 unspecified atom stereocenters. The highest BCUT2D eigenvalue weighted by molar-refractivity contribution is 4.88. The zero-order chi connectivity index (χ0) is 13.1. The molecule has 2 aliphatic heterocycles. The molecule has 0 N–H and O–H groups in total. The van der Waals surface area contributed by atoms with E-state index in [9.17, 15) is 0 Å². The molecule has 0 amide bonds. The summed E-state index contributed by atoms with van der Waals surface area (Å²) in [5.41, 5.74) is 0. The van der Waals surface area contributed by atoms with E-state index in [1.807, 2.05) is 0 Å². The molecule has 0 aromatic carbocycles. The number of hydrogen-bond donors (Lipinski definition) is 0. The van der Waals surface area contributed by atoms with E-state index in [0.717, 1.165) is 17.9 Å². The molecule has 0 bridgehead atoms. The maximum Gasteiger partial charge on any atom is 0.0223 e. The fourth-order valence-corrected chi connectivity index (χ4v) is 4.75. The highest BCUT2D eigenvalue weighted by Crippen LogP contribution is 2.36. The quantitative estimate of drug-likeness (QED) is 0.771. The molecule has 19 heavy (non-hydrogen) atoms. The molecule has 2 saturated heterocycles. The first-order valence-corrected chi connectivity index (χ1v) is 8.83. The molecule has 1 saturated carbocycles. The van der Waals surface area contributed by atoms with Crippen LogP contribution in [0.15, 0.2) is 0 Å². The maximum atomic E-state index is 2.85. The van der Waals surface area contributed by atoms with Crippen LogP contribution in [0.2, 0.25) is 0 Å². The highest BCUT2D eigenvalue weighted by Gasteiger charge is 2.34. The van der Waals surface area contributed by atoms with Gasteiger partial charge in [-0.05, 0) is 50.7 Å². The number of nitrogens with zero attached hydrogens (tertiary/aromatic N) is 2. The van der Waals surface area contributed by atoms with Crippen LogP contribution in [-0.2, 0) is 0 Å². The van der Waals surface area contributed by atoms with Crippen molar-refractivity contribution in [1.29, 1.82) is 0 Å². The van der Waals surface area contributed by atoms with Crippen molar-refractivity contribution in [1.82, 2.24) is 9.80 Å². The third kappa shape index (κ3) is 3.33. The van der Waals surface area contributed by atoms with E-state index in [4.69, 9.17) is 0 Å². The summed E-state index contributed by atoms with van der Waals surface area (Å²) in [5.74, 6) is 2.11. The summed E-state index contributed by atoms with van der Waals surface area (Å²) in [4.78, 5) is 5.50. The van der Waals surface area contributed by atoms with Crippen molar-refractivity contribution in [3.8, 4) is 0 Å². The molecular weight excluding hydrogens is 232 g/mol. The maximum absolute atomic E-state index is 2.85. The molecule has 2 heteroatoms. The smallest absolute Gasteiger partial charge is 0.0223 e. The molecule has 1 aliphatic carbocycles. The standard InChI is InChI=1S/C17H32N2/c1-2-18-11-6-9-17(14-18)19-12-10-16(13-19)15-7-4-3-5-8-15/h15-17H,2-14H2,1H3. The lowest BCUT2D eigenvalue weighted by Crippen LogP contribution is -2.47. The van der Waals surface area contributed by atoms with Crippen LogP contribution in [0.25, 0.3) is 0 Å². The number of hydrogen-bond acceptors (Lipinski definition) is 2. The summed E-state index contributed by atoms with van der Waals surface area (Å²) in [6.07, 6.45) is 11.9. The second-order valence-corrected chi connectivity index (χ2v) is 7.13. The van der Waals surface area contributed by atoms with Gasteiger partial charge in [-0.25, -0.2) is 0 Å². The molecule has 0 spiro atoms. The Morgan fingerprint density at radius 2 is 1.63 bits per heavy atom. The van der Waals surface area contributed by atoms with Gasteiger partial charge in [-0.15, -0.1) is 0 Å². The van der Waals surface area contributed by atoms with Gasteiger partial charge in [0.2, 0.25) is 0 Å². The first-order valence-electron chi connectivity index (χ1n) is 8.83. The summed E-state index contributed by atoms with van der Waals surface area (Å²) in [7, 11) is 0. The van der Waals surface area contributed by atoms with Crippen LogP contribution < -0.4 is 0 Å². The molecule has 110 valence electrons. The lowest BCUT2D eigenvalue weighted by Gasteiger charge is -2.37. The second-order valence-electron chi connectivity index (χ2n) is 7.13. The molecule has 3 aliphatic rings. The Balaban J connectivity index is 1.50. The predicted octanol–water partition coefficient (Wildman–Crippen LogP) is 3.37. The van der Waals surface area contributed by atoms with Gasteiger partial charge in [0.05, 0.1) is 0 Å². The van der Waals surface area contributed by atoms with E-state index in [1.54, 1.807) is 0 Å². The second kappa shape index (κ2) is 6.58. The molecule has 3 rings (SSSR count). The highest BCUT2D eigenvalue weighted by atomic mass is 15.2. The van der Waals surface area contributed by atoms with Gasteiger partial charge in [-0.3, -0.25) is 4.90 Å². The number of rotatable bonds is 3. The van der Waals surface area contributed by atoms with Crippen LogP contribution in [0.4, 0.5) is 0 Å². The van der Waals surface area contributed by atoms with E-state index >= 15 is 0 Å². The summed E-state index contributed by atoms with van der Waals surface area (Å²) >= 11 is 0. The minimum atomic E-state index is 0.877. The van der Waals surface area contributed by atoms with Crippen LogP contribution in [0.3, 0.4) is 0 Å². The molecule has 2 nitrogen and oxygen atoms in total. The average molecular weight is 264 g/mol. The summed E-state index contributed by atoms with van der Waals surface area (Å²) in [6.45, 7) is 9.06. The lowest BCUT2D eigenvalue weighted by atomic mass is 9.79. The van der Waals surface area contributed by atoms with Crippen LogP contribution in [0, 0.1) is 11.8 Å². The van der Waals surface area contributed by atoms with Crippen molar-refractivity contribution in [3.05, 3.63) is 0 Å². The van der Waals surface area contributed by atoms with Gasteiger partial charge >= 0.3 is 0 Å². The Kier molecular flexibility index (Phi) is 4.81. The van der Waals surface area contributed by atoms with Gasteiger partial charge < -0.3 is 4.90 Å². The Hall–Kier alpha value is -0.0800. The zero-order valence-electron chi connectivity index (χ0n) is 12.8. The van der Waals surface area contributed by atoms with E-state index in [2.05, 4.69) is 16.7 Å². The largest absolute Gasteiger partial charge is 0.302 e. The number of likely N-dealkylation sites (N-methyl/N-ethyl adjacent to an activating group) is 1. The normalized spacial score (nSPS) is 35.8. The monoisotopic (exact) mass is 264 g/mol. The Morgan fingerprint density at radius 1 is 0.789 bits per heavy atom. The molecule has 0 aromatic heterocycles. The Bertz CT molecular complexity index is 272. The molecule has 0 aromatic rings. The van der Waals surface area contributed by atoms with Gasteiger partial charge in [-0.2, -0.15) is 0 Å². The van der Waals surface area contributed by atoms with Gasteiger partial charge in [-0.1, -0.05) is 39.0 Å². The van der Waals surface area contributed by atoms with Gasteiger partial charge in [0.25, 0.3) is 0 Å². The first-order chi connectivity index (χ1) is 9.36. The van der Waals surface area contributed by atoms with Crippen molar-refractivity contribution < 1.29 is 0 Å². The van der Waals surface area contributed by atoms with Crippen LogP contribution in [0.5, 0.6) is 0 Å². The zero-order valence-corrected chi connectivity index (χ0v) is 12.8. The van der Waals surface area contributed by atoms with Crippen LogP contribution in [0.1, 0.15) is 58.3 Å². The topological polar surface area (TPSA) is 6.48 Å². The summed E-state index contributed by atoms with van der Waals surface area (Å²) in [5, 5.41) is 0. The molecule has 0 radical (unpaired) electrons. The van der Waals surface area contributed by atoms with Crippen molar-refractivity contribution in [2.75, 3.05) is 32.7 Å². The SMILES string of the molecule is CCN1CCCC(N2CCC(C3CCCCC3)C2)C1. The van der Waals surface area contributed by atoms with Gasteiger partial charge in [0, 0.05) is 19.1 Å². The van der Waals surface area contributed by atoms with Crippen LogP contribution in [-0.4, -0.2) is 48.6 Å². The molecule has 2 heterocycles. The number of piperidine rings is 1. The minimum Gasteiger partial charge on any atom is -0.302 e. The van der Waals surface area contributed by atoms with Crippen LogP contribution >= 0.6 is 0 Å². The van der Waals surface area contributed by atoms with Crippen molar-refractivity contribution in [2.24, 2.45) is 11.8 Å². The molecule has 2 atom stereocenters. The molecular formula is C17H32N2. The summed E-state index contributed by atoms with van der Waals surface area (Å²) in [6, 6.07) is 0.877. The Labute approximate surface area is 119 Å². The summed E-state index contributed by atoms with van der Waals surface area (Å²) < 4.78 is 0. The van der Waals surface area contributed by atoms with Gasteiger partial charge in [0.1, 0.15) is 0 Å². The predicted molar refractivity (Wildman–Crippen MR) is 81.4 cm³/mol. The third-order valence-corrected chi connectivity index (χ3v) is 6.02. The third-order valence-electron chi connectivity index (χ3n) is 6.02. The minimum absolute atomic E-state index is 0.877. The average Bonchev–Trinajstić information content (AvgIpc) is 2.98. The fraction of sp³-hybridized carbons (Fsp3) is 1.00. The van der Waals surface area contributed by atoms with E-state index in [-0.39, 0.29) is 0 Å². The lowest BCUT2D eigenvalue weighted by molar-refractivity contribution is 0.111. The fourth-order valence-electron chi connectivity index (χ4n) is 4.75. The van der Waals surface area contributed by atoms with Crippen molar-refractivity contribution in [3.63, 3.8) is 0 Å². The van der Waals surface area contributed by atoms with Crippen molar-refractivity contribution in [2.45, 2.75) is 64.3 Å². The van der Waals surface area contributed by atoms with Gasteiger partial charge in [0.15, 0.2) is 0 Å². The Morgan fingerprint density at radius 3 is 2.42 bits per heavy atom. The number of likely N-dealkylation sites (tertiary alicyclic amines) is 2. The first kappa shape index (κ1) is 13.9. The van der Waals surface area contributed by atoms with E-state index < -0.39 is 0 Å². The van der Waals surface area contributed by atoms with E-state index in [1.165, 1.54) is 84.1 Å². The van der Waals surface area contributed by atoms with Crippen molar-refractivity contribution >= 4 is 0 Å². The molecule has 3 fully saturated rings. The van der Waals surface area contributed by atoms with E-state index in [0.29, 0.717) is 0 Å².